The van der Waals surface area contributed by atoms with Crippen molar-refractivity contribution in [2.24, 2.45) is 0 Å². The summed E-state index contributed by atoms with van der Waals surface area (Å²) in [6.07, 6.45) is 21.9. The smallest absolute Gasteiger partial charge is 0.170 e. The van der Waals surface area contributed by atoms with Gasteiger partial charge in [-0.25, -0.2) is 0 Å². The number of carbonyl (C=O) groups is 1. The summed E-state index contributed by atoms with van der Waals surface area (Å²) >= 11 is 0. The van der Waals surface area contributed by atoms with Crippen molar-refractivity contribution in [3.8, 4) is 17.2 Å². The van der Waals surface area contributed by atoms with Gasteiger partial charge in [0.25, 0.3) is 0 Å². The molecule has 1 rings (SSSR count). The second-order valence-electron chi connectivity index (χ2n) is 7.85. The fraction of sp³-hybridized carbons (Fsp3) is 0.577. The number of ether oxygens (including phenoxy) is 1. The third-order valence-electron chi connectivity index (χ3n) is 5.32. The lowest BCUT2D eigenvalue weighted by atomic mass is 9.99. The number of allylic oxidation sites excluding steroid dienone is 4. The first-order valence-electron chi connectivity index (χ1n) is 11.5. The third kappa shape index (κ3) is 9.51. The lowest BCUT2D eigenvalue weighted by molar-refractivity contribution is 0.0973. The molecule has 1 aromatic carbocycles. The number of hydrogen-bond donors (Lipinski definition) is 2. The fourth-order valence-corrected chi connectivity index (χ4v) is 3.48. The zero-order valence-corrected chi connectivity index (χ0v) is 19.1. The molecule has 0 aliphatic rings. The first-order chi connectivity index (χ1) is 14.5. The van der Waals surface area contributed by atoms with Gasteiger partial charge in [0.1, 0.15) is 22.8 Å². The fourth-order valence-electron chi connectivity index (χ4n) is 3.48. The molecule has 0 amide bonds. The number of benzene rings is 1. The summed E-state index contributed by atoms with van der Waals surface area (Å²) in [5.41, 5.74) is 0.649. The van der Waals surface area contributed by atoms with E-state index in [2.05, 4.69) is 31.2 Å². The maximum absolute atomic E-state index is 12.5. The molecule has 0 unspecified atom stereocenters. The van der Waals surface area contributed by atoms with E-state index in [1.807, 2.05) is 0 Å². The summed E-state index contributed by atoms with van der Waals surface area (Å²) < 4.78 is 5.24. The molecule has 30 heavy (non-hydrogen) atoms. The van der Waals surface area contributed by atoms with Gasteiger partial charge in [-0.05, 0) is 45.4 Å². The van der Waals surface area contributed by atoms with Crippen LogP contribution >= 0.6 is 0 Å². The number of phenolic OH excluding ortho intramolecular Hbond substituents is 2. The zero-order chi connectivity index (χ0) is 22.2. The second kappa shape index (κ2) is 15.6. The van der Waals surface area contributed by atoms with E-state index in [0.29, 0.717) is 12.0 Å². The number of phenols is 2. The first-order valence-corrected chi connectivity index (χ1v) is 11.5. The number of carbonyl (C=O) groups excluding carboxylic acids is 1. The summed E-state index contributed by atoms with van der Waals surface area (Å²) in [5.74, 6) is -0.168. The van der Waals surface area contributed by atoms with Gasteiger partial charge >= 0.3 is 0 Å². The van der Waals surface area contributed by atoms with Crippen LogP contribution in [0.1, 0.15) is 99.9 Å². The number of methoxy groups -OCH3 is 1. The molecule has 0 aliphatic heterocycles. The number of ketones is 1. The Kier molecular flexibility index (Phi) is 13.4. The highest BCUT2D eigenvalue weighted by Crippen LogP contribution is 2.38. The summed E-state index contributed by atoms with van der Waals surface area (Å²) in [6, 6.07) is 1.21. The highest BCUT2D eigenvalue weighted by Gasteiger charge is 2.21. The Balaban J connectivity index is 2.17. The quantitative estimate of drug-likeness (QED) is 0.167. The standard InChI is InChI=1S/C26H40O4/c1-4-5-6-7-8-9-10-11-12-13-14-15-16-17-18-19-22(27)25-24(29)20-23(28)21(2)26(25)30-3/h8-9,11-12,20,28-29H,4-7,10,13-19H2,1-3H3/b9-8-,12-11-. The Hall–Kier alpha value is -2.23. The molecule has 4 nitrogen and oxygen atoms in total. The van der Waals surface area contributed by atoms with Gasteiger partial charge in [0.2, 0.25) is 0 Å². The van der Waals surface area contributed by atoms with E-state index in [4.69, 9.17) is 4.74 Å². The normalized spacial score (nSPS) is 11.6. The van der Waals surface area contributed by atoms with Crippen LogP contribution in [0, 0.1) is 6.92 Å². The van der Waals surface area contributed by atoms with Crippen molar-refractivity contribution in [3.63, 3.8) is 0 Å². The Morgan fingerprint density at radius 3 is 2.13 bits per heavy atom. The number of Topliss-reactive ketones (excluding diaryl/α,β-unsaturated/α-hetero) is 1. The monoisotopic (exact) mass is 416 g/mol. The molecule has 0 saturated heterocycles. The van der Waals surface area contributed by atoms with Crippen LogP contribution in [0.15, 0.2) is 30.4 Å². The average molecular weight is 417 g/mol. The van der Waals surface area contributed by atoms with Crippen molar-refractivity contribution in [2.75, 3.05) is 7.11 Å². The van der Waals surface area contributed by atoms with Gasteiger partial charge in [-0.2, -0.15) is 0 Å². The summed E-state index contributed by atoms with van der Waals surface area (Å²) in [7, 11) is 1.44. The molecule has 0 aliphatic carbocycles. The minimum Gasteiger partial charge on any atom is -0.507 e. The van der Waals surface area contributed by atoms with Crippen LogP contribution in [0.3, 0.4) is 0 Å². The van der Waals surface area contributed by atoms with E-state index < -0.39 is 0 Å². The van der Waals surface area contributed by atoms with Crippen LogP contribution in [0.25, 0.3) is 0 Å². The average Bonchev–Trinajstić information content (AvgIpc) is 2.73. The zero-order valence-electron chi connectivity index (χ0n) is 19.1. The molecule has 0 saturated carbocycles. The number of rotatable bonds is 16. The van der Waals surface area contributed by atoms with Crippen molar-refractivity contribution < 1.29 is 19.7 Å². The van der Waals surface area contributed by atoms with Crippen molar-refractivity contribution >= 4 is 5.78 Å². The van der Waals surface area contributed by atoms with Gasteiger partial charge in [-0.1, -0.05) is 63.3 Å². The molecule has 2 N–H and O–H groups in total. The van der Waals surface area contributed by atoms with E-state index in [-0.39, 0.29) is 28.6 Å². The third-order valence-corrected chi connectivity index (χ3v) is 5.32. The van der Waals surface area contributed by atoms with E-state index in [1.54, 1.807) is 6.92 Å². The predicted molar refractivity (Wildman–Crippen MR) is 125 cm³/mol. The van der Waals surface area contributed by atoms with Gasteiger partial charge in [-0.15, -0.1) is 0 Å². The Labute approximate surface area is 182 Å². The molecular weight excluding hydrogens is 376 g/mol. The van der Waals surface area contributed by atoms with E-state index in [1.165, 1.54) is 45.3 Å². The molecule has 0 spiro atoms. The summed E-state index contributed by atoms with van der Waals surface area (Å²) in [5, 5.41) is 19.8. The SMILES string of the molecule is CCCCC/C=C\C/C=C\CCCCCCCC(=O)c1c(O)cc(O)c(C)c1OC. The number of unbranched alkanes of at least 4 members (excludes halogenated alkanes) is 8. The summed E-state index contributed by atoms with van der Waals surface area (Å²) in [6.45, 7) is 3.90. The predicted octanol–water partition coefficient (Wildman–Crippen LogP) is 7.41. The molecule has 0 fully saturated rings. The van der Waals surface area contributed by atoms with Crippen molar-refractivity contribution in [3.05, 3.63) is 41.5 Å². The van der Waals surface area contributed by atoms with Crippen molar-refractivity contribution in [1.82, 2.24) is 0 Å². The maximum atomic E-state index is 12.5. The van der Waals surface area contributed by atoms with Crippen molar-refractivity contribution in [2.45, 2.75) is 90.9 Å². The molecular formula is C26H40O4. The lowest BCUT2D eigenvalue weighted by Crippen LogP contribution is -2.04. The second-order valence-corrected chi connectivity index (χ2v) is 7.85. The molecule has 1 aromatic rings. The Morgan fingerprint density at radius 2 is 1.50 bits per heavy atom. The number of aromatic hydroxyl groups is 2. The first kappa shape index (κ1) is 25.8. The molecule has 0 atom stereocenters. The molecule has 0 aromatic heterocycles. The molecule has 0 bridgehead atoms. The lowest BCUT2D eigenvalue weighted by Gasteiger charge is -2.13. The van der Waals surface area contributed by atoms with E-state index in [9.17, 15) is 15.0 Å². The Bertz CT molecular complexity index is 689. The van der Waals surface area contributed by atoms with Gasteiger partial charge < -0.3 is 14.9 Å². The molecule has 0 radical (unpaired) electrons. The van der Waals surface area contributed by atoms with Gasteiger partial charge in [0.05, 0.1) is 7.11 Å². The van der Waals surface area contributed by atoms with E-state index in [0.717, 1.165) is 38.5 Å². The Morgan fingerprint density at radius 1 is 0.900 bits per heavy atom. The van der Waals surface area contributed by atoms with Crippen molar-refractivity contribution in [1.29, 1.82) is 0 Å². The topological polar surface area (TPSA) is 66.8 Å². The van der Waals surface area contributed by atoms with Crippen LogP contribution in [-0.4, -0.2) is 23.1 Å². The molecule has 168 valence electrons. The number of hydrogen-bond acceptors (Lipinski definition) is 4. The summed E-state index contributed by atoms with van der Waals surface area (Å²) in [4.78, 5) is 12.5. The van der Waals surface area contributed by atoms with Crippen LogP contribution in [0.4, 0.5) is 0 Å². The molecule has 4 heteroatoms. The highest BCUT2D eigenvalue weighted by atomic mass is 16.5. The minimum atomic E-state index is -0.220. The highest BCUT2D eigenvalue weighted by molar-refractivity contribution is 6.02. The van der Waals surface area contributed by atoms with Crippen LogP contribution in [0.5, 0.6) is 17.2 Å². The van der Waals surface area contributed by atoms with Crippen LogP contribution in [0.2, 0.25) is 0 Å². The molecule has 0 heterocycles. The van der Waals surface area contributed by atoms with Gasteiger partial charge in [0.15, 0.2) is 5.78 Å². The van der Waals surface area contributed by atoms with Crippen LogP contribution in [-0.2, 0) is 0 Å². The van der Waals surface area contributed by atoms with E-state index >= 15 is 0 Å². The largest absolute Gasteiger partial charge is 0.507 e. The van der Waals surface area contributed by atoms with Crippen LogP contribution < -0.4 is 4.74 Å². The minimum absolute atomic E-state index is 0.0713. The maximum Gasteiger partial charge on any atom is 0.170 e. The van der Waals surface area contributed by atoms with Gasteiger partial charge in [0, 0.05) is 18.1 Å². The van der Waals surface area contributed by atoms with Gasteiger partial charge in [-0.3, -0.25) is 4.79 Å².